The third kappa shape index (κ3) is 1.64. The molecule has 1 heterocycles. The Morgan fingerprint density at radius 1 is 0.789 bits per heavy atom. The van der Waals surface area contributed by atoms with Crippen molar-refractivity contribution in [1.29, 1.82) is 0 Å². The van der Waals surface area contributed by atoms with Crippen molar-refractivity contribution >= 4 is 0 Å². The van der Waals surface area contributed by atoms with Gasteiger partial charge in [-0.3, -0.25) is 0 Å². The Bertz CT molecular complexity index is 334. The molecule has 1 saturated heterocycles. The van der Waals surface area contributed by atoms with E-state index >= 15 is 0 Å². The molecule has 0 amide bonds. The highest BCUT2D eigenvalue weighted by Crippen LogP contribution is 2.63. The zero-order valence-corrected chi connectivity index (χ0v) is 10.2. The van der Waals surface area contributed by atoms with Crippen LogP contribution in [0.5, 0.6) is 0 Å². The Labute approximate surface area is 105 Å². The topological polar surface area (TPSA) is 3.24 Å². The summed E-state index contributed by atoms with van der Waals surface area (Å²) in [4.78, 5) is -0.890. The summed E-state index contributed by atoms with van der Waals surface area (Å²) in [7, 11) is 0. The molecule has 1 unspecified atom stereocenters. The van der Waals surface area contributed by atoms with Crippen molar-refractivity contribution in [1.82, 2.24) is 4.90 Å². The fourth-order valence-electron chi connectivity index (χ4n) is 2.82. The van der Waals surface area contributed by atoms with Gasteiger partial charge in [0.2, 0.25) is 0 Å². The number of alkyl halides is 7. The lowest BCUT2D eigenvalue weighted by atomic mass is 9.94. The van der Waals surface area contributed by atoms with Gasteiger partial charge in [-0.15, -0.1) is 0 Å². The molecule has 0 radical (unpaired) electrons. The Morgan fingerprint density at radius 3 is 1.63 bits per heavy atom. The van der Waals surface area contributed by atoms with Crippen LogP contribution in [0.3, 0.4) is 0 Å². The fourth-order valence-corrected chi connectivity index (χ4v) is 2.82. The average molecular weight is 293 g/mol. The van der Waals surface area contributed by atoms with E-state index in [-0.39, 0.29) is 19.8 Å². The van der Waals surface area contributed by atoms with Gasteiger partial charge in [0, 0.05) is 6.04 Å². The maximum Gasteiger partial charge on any atom is 0.376 e. The van der Waals surface area contributed by atoms with Crippen molar-refractivity contribution < 1.29 is 30.7 Å². The minimum Gasteiger partial charge on any atom is -0.229 e. The minimum atomic E-state index is -5.43. The van der Waals surface area contributed by atoms with Crippen LogP contribution < -0.4 is 0 Å². The van der Waals surface area contributed by atoms with Crippen molar-refractivity contribution in [3.63, 3.8) is 0 Å². The van der Waals surface area contributed by atoms with E-state index < -0.39 is 34.6 Å². The van der Waals surface area contributed by atoms with Crippen molar-refractivity contribution in [3.8, 4) is 0 Å². The van der Waals surface area contributed by atoms with E-state index in [1.807, 2.05) is 0 Å². The largest absolute Gasteiger partial charge is 0.376 e. The molecule has 2 rings (SSSR count). The third-order valence-corrected chi connectivity index (χ3v) is 4.08. The van der Waals surface area contributed by atoms with Crippen molar-refractivity contribution in [3.05, 3.63) is 0 Å². The summed E-state index contributed by atoms with van der Waals surface area (Å²) in [5, 5.41) is 0. The molecule has 0 aromatic heterocycles. The molecule has 8 heteroatoms. The highest BCUT2D eigenvalue weighted by atomic mass is 19.3. The normalized spacial score (nSPS) is 38.5. The molecular weight excluding hydrogens is 279 g/mol. The Kier molecular flexibility index (Phi) is 3.12. The van der Waals surface area contributed by atoms with E-state index in [9.17, 15) is 30.7 Å². The SMILES string of the molecule is CC1(F)C(F)(F)N(C2CCCCC2)C(F)(F)C1(F)F. The van der Waals surface area contributed by atoms with E-state index in [0.717, 1.165) is 0 Å². The van der Waals surface area contributed by atoms with Gasteiger partial charge in [0.15, 0.2) is 0 Å². The molecule has 2 aliphatic rings. The van der Waals surface area contributed by atoms with Crippen LogP contribution in [-0.4, -0.2) is 34.6 Å². The summed E-state index contributed by atoms with van der Waals surface area (Å²) in [6.07, 6.45) is 1.34. The lowest BCUT2D eigenvalue weighted by molar-refractivity contribution is -0.290. The maximum atomic E-state index is 13.8. The molecular formula is C11H14F7N. The number of likely N-dealkylation sites (tertiary alicyclic amines) is 1. The summed E-state index contributed by atoms with van der Waals surface area (Å²) >= 11 is 0. The summed E-state index contributed by atoms with van der Waals surface area (Å²) in [6.45, 7) is -0.163. The first-order chi connectivity index (χ1) is 8.48. The molecule has 0 bridgehead atoms. The molecule has 0 aromatic carbocycles. The van der Waals surface area contributed by atoms with Gasteiger partial charge in [-0.1, -0.05) is 19.3 Å². The number of halogens is 7. The second-order valence-corrected chi connectivity index (χ2v) is 5.32. The van der Waals surface area contributed by atoms with E-state index in [1.54, 1.807) is 0 Å². The molecule has 1 aliphatic heterocycles. The zero-order valence-electron chi connectivity index (χ0n) is 10.2. The van der Waals surface area contributed by atoms with Gasteiger partial charge in [-0.05, 0) is 19.8 Å². The number of rotatable bonds is 1. The van der Waals surface area contributed by atoms with Crippen LogP contribution in [0.15, 0.2) is 0 Å². The second-order valence-electron chi connectivity index (χ2n) is 5.32. The van der Waals surface area contributed by atoms with Gasteiger partial charge in [0.1, 0.15) is 0 Å². The predicted octanol–water partition coefficient (Wildman–Crippen LogP) is 4.18. The smallest absolute Gasteiger partial charge is 0.229 e. The molecule has 1 atom stereocenters. The zero-order chi connectivity index (χ0) is 14.7. The Morgan fingerprint density at radius 2 is 1.26 bits per heavy atom. The summed E-state index contributed by atoms with van der Waals surface area (Å²) < 4.78 is 95.1. The lowest BCUT2D eigenvalue weighted by Crippen LogP contribution is -2.55. The molecule has 1 nitrogen and oxygen atoms in total. The third-order valence-electron chi connectivity index (χ3n) is 4.08. The molecule has 1 aliphatic carbocycles. The van der Waals surface area contributed by atoms with Crippen LogP contribution in [0.4, 0.5) is 30.7 Å². The predicted molar refractivity (Wildman–Crippen MR) is 53.1 cm³/mol. The minimum absolute atomic E-state index is 0.0582. The first-order valence-electron chi connectivity index (χ1n) is 6.09. The number of hydrogen-bond donors (Lipinski definition) is 0. The molecule has 1 saturated carbocycles. The first kappa shape index (κ1) is 14.9. The molecule has 0 N–H and O–H groups in total. The van der Waals surface area contributed by atoms with Crippen LogP contribution in [0.1, 0.15) is 39.0 Å². The number of hydrogen-bond acceptors (Lipinski definition) is 1. The fraction of sp³-hybridized carbons (Fsp3) is 1.00. The van der Waals surface area contributed by atoms with E-state index in [4.69, 9.17) is 0 Å². The number of nitrogens with zero attached hydrogens (tertiary/aromatic N) is 1. The van der Waals surface area contributed by atoms with Gasteiger partial charge in [0.05, 0.1) is 0 Å². The van der Waals surface area contributed by atoms with E-state index in [2.05, 4.69) is 0 Å². The van der Waals surface area contributed by atoms with Gasteiger partial charge in [-0.25, -0.2) is 4.39 Å². The van der Waals surface area contributed by atoms with Gasteiger partial charge in [0.25, 0.3) is 5.67 Å². The van der Waals surface area contributed by atoms with Crippen LogP contribution in [0.25, 0.3) is 0 Å². The first-order valence-corrected chi connectivity index (χ1v) is 6.09. The van der Waals surface area contributed by atoms with Crippen molar-refractivity contribution in [2.24, 2.45) is 0 Å². The monoisotopic (exact) mass is 293 g/mol. The van der Waals surface area contributed by atoms with E-state index in [1.165, 1.54) is 0 Å². The molecule has 2 fully saturated rings. The maximum absolute atomic E-state index is 13.8. The van der Waals surface area contributed by atoms with Crippen LogP contribution >= 0.6 is 0 Å². The lowest BCUT2D eigenvalue weighted by Gasteiger charge is -2.38. The Balaban J connectivity index is 2.47. The van der Waals surface area contributed by atoms with Gasteiger partial charge < -0.3 is 0 Å². The van der Waals surface area contributed by atoms with Crippen molar-refractivity contribution in [2.45, 2.75) is 68.8 Å². The van der Waals surface area contributed by atoms with Crippen molar-refractivity contribution in [2.75, 3.05) is 0 Å². The summed E-state index contributed by atoms with van der Waals surface area (Å²) in [5.41, 5.74) is -4.60. The average Bonchev–Trinajstić information content (AvgIpc) is 2.35. The molecule has 19 heavy (non-hydrogen) atoms. The quantitative estimate of drug-likeness (QED) is 0.518. The second kappa shape index (κ2) is 3.99. The van der Waals surface area contributed by atoms with Crippen LogP contribution in [-0.2, 0) is 0 Å². The van der Waals surface area contributed by atoms with E-state index in [0.29, 0.717) is 19.3 Å². The molecule has 112 valence electrons. The summed E-state index contributed by atoms with van der Waals surface area (Å²) in [5.74, 6) is -5.43. The van der Waals surface area contributed by atoms with Crippen LogP contribution in [0.2, 0.25) is 0 Å². The van der Waals surface area contributed by atoms with Gasteiger partial charge in [-0.2, -0.15) is 31.2 Å². The molecule has 0 spiro atoms. The summed E-state index contributed by atoms with van der Waals surface area (Å²) in [6, 6.07) is -11.5. The standard InChI is InChI=1S/C11H14F7N/c1-8(12)9(13,14)11(17,18)19(10(8,15)16)7-5-3-2-4-6-7/h7H,2-6H2,1H3. The van der Waals surface area contributed by atoms with Gasteiger partial charge >= 0.3 is 18.0 Å². The highest BCUT2D eigenvalue weighted by molar-refractivity contribution is 5.16. The molecule has 0 aromatic rings. The Hall–Kier alpha value is -0.530. The van der Waals surface area contributed by atoms with Crippen LogP contribution in [0, 0.1) is 0 Å². The highest BCUT2D eigenvalue weighted by Gasteiger charge is 2.89.